The van der Waals surface area contributed by atoms with Gasteiger partial charge in [-0.05, 0) is 65.5 Å². The first-order valence-electron chi connectivity index (χ1n) is 9.85. The molecule has 0 heterocycles. The SMILES string of the molecule is O=C(Oc1ccc2ccccc2c1/C=N\NC(=S)Nc1ccc(F)cc1)c1ccccc1Cl. The van der Waals surface area contributed by atoms with E-state index in [1.807, 2.05) is 30.3 Å². The maximum atomic E-state index is 13.1. The zero-order valence-corrected chi connectivity index (χ0v) is 18.7. The molecule has 0 fully saturated rings. The number of benzene rings is 4. The normalized spacial score (nSPS) is 10.8. The standard InChI is InChI=1S/C25H17ClFN3O2S/c26-22-8-4-3-7-20(22)24(31)32-23-14-9-16-5-1-2-6-19(16)21(23)15-28-30-25(33)29-18-12-10-17(27)11-13-18/h1-15H,(H2,29,30,33)/b28-15-. The number of nitrogens with zero attached hydrogens (tertiary/aromatic N) is 1. The number of carbonyl (C=O) groups is 1. The van der Waals surface area contributed by atoms with E-state index >= 15 is 0 Å². The lowest BCUT2D eigenvalue weighted by Gasteiger charge is -2.11. The van der Waals surface area contributed by atoms with Crippen molar-refractivity contribution in [1.82, 2.24) is 5.43 Å². The van der Waals surface area contributed by atoms with Crippen molar-refractivity contribution in [3.63, 3.8) is 0 Å². The van der Waals surface area contributed by atoms with Crippen LogP contribution in [0.5, 0.6) is 5.75 Å². The van der Waals surface area contributed by atoms with Gasteiger partial charge in [0.1, 0.15) is 11.6 Å². The Labute approximate surface area is 199 Å². The fourth-order valence-corrected chi connectivity index (χ4v) is 3.51. The molecule has 8 heteroatoms. The van der Waals surface area contributed by atoms with Crippen molar-refractivity contribution in [3.05, 3.63) is 107 Å². The molecule has 0 bridgehead atoms. The maximum Gasteiger partial charge on any atom is 0.345 e. The second-order valence-electron chi connectivity index (χ2n) is 6.90. The van der Waals surface area contributed by atoms with Crippen LogP contribution >= 0.6 is 23.8 Å². The van der Waals surface area contributed by atoms with E-state index in [-0.39, 0.29) is 16.5 Å². The lowest BCUT2D eigenvalue weighted by Crippen LogP contribution is -2.23. The summed E-state index contributed by atoms with van der Waals surface area (Å²) in [6.07, 6.45) is 1.52. The highest BCUT2D eigenvalue weighted by atomic mass is 35.5. The van der Waals surface area contributed by atoms with Crippen LogP contribution in [0.1, 0.15) is 15.9 Å². The van der Waals surface area contributed by atoms with E-state index in [0.29, 0.717) is 22.0 Å². The van der Waals surface area contributed by atoms with Crippen LogP contribution in [-0.4, -0.2) is 17.3 Å². The Morgan fingerprint density at radius 3 is 2.48 bits per heavy atom. The van der Waals surface area contributed by atoms with Gasteiger partial charge in [0.2, 0.25) is 0 Å². The van der Waals surface area contributed by atoms with Crippen LogP contribution in [0.25, 0.3) is 10.8 Å². The molecule has 2 N–H and O–H groups in total. The van der Waals surface area contributed by atoms with Gasteiger partial charge in [-0.25, -0.2) is 9.18 Å². The van der Waals surface area contributed by atoms with Crippen LogP contribution in [0.15, 0.2) is 90.0 Å². The van der Waals surface area contributed by atoms with Gasteiger partial charge < -0.3 is 10.1 Å². The molecular weight excluding hydrogens is 461 g/mol. The first kappa shape index (κ1) is 22.4. The van der Waals surface area contributed by atoms with E-state index in [4.69, 9.17) is 28.6 Å². The molecule has 0 saturated heterocycles. The molecule has 33 heavy (non-hydrogen) atoms. The summed E-state index contributed by atoms with van der Waals surface area (Å²) >= 11 is 11.4. The minimum absolute atomic E-state index is 0.215. The average molecular weight is 478 g/mol. The third-order valence-electron chi connectivity index (χ3n) is 4.69. The summed E-state index contributed by atoms with van der Waals surface area (Å²) in [5, 5.41) is 9.40. The van der Waals surface area contributed by atoms with Gasteiger partial charge >= 0.3 is 5.97 Å². The minimum atomic E-state index is -0.577. The highest BCUT2D eigenvalue weighted by Gasteiger charge is 2.15. The van der Waals surface area contributed by atoms with Crippen LogP contribution in [0.2, 0.25) is 5.02 Å². The summed E-state index contributed by atoms with van der Waals surface area (Å²) in [6.45, 7) is 0. The van der Waals surface area contributed by atoms with Crippen LogP contribution in [0, 0.1) is 5.82 Å². The van der Waals surface area contributed by atoms with Crippen LogP contribution < -0.4 is 15.5 Å². The Hall–Kier alpha value is -3.81. The molecule has 0 amide bonds. The quantitative estimate of drug-likeness (QED) is 0.118. The number of thiocarbonyl (C=S) groups is 1. The summed E-state index contributed by atoms with van der Waals surface area (Å²) < 4.78 is 18.7. The number of hydrogen-bond acceptors (Lipinski definition) is 4. The van der Waals surface area contributed by atoms with E-state index in [1.165, 1.54) is 18.3 Å². The first-order chi connectivity index (χ1) is 16.0. The fraction of sp³-hybridized carbons (Fsp3) is 0. The van der Waals surface area contributed by atoms with Gasteiger partial charge in [0.15, 0.2) is 5.11 Å². The van der Waals surface area contributed by atoms with Crippen LogP contribution in [0.3, 0.4) is 0 Å². The van der Waals surface area contributed by atoms with E-state index < -0.39 is 5.97 Å². The van der Waals surface area contributed by atoms with Crippen LogP contribution in [-0.2, 0) is 0 Å². The molecule has 0 atom stereocenters. The molecule has 164 valence electrons. The number of rotatable bonds is 5. The molecule has 4 aromatic carbocycles. The number of esters is 1. The highest BCUT2D eigenvalue weighted by molar-refractivity contribution is 7.80. The molecule has 0 aliphatic carbocycles. The van der Waals surface area contributed by atoms with Gasteiger partial charge in [-0.2, -0.15) is 5.10 Å². The Morgan fingerprint density at radius 2 is 1.70 bits per heavy atom. The predicted octanol–water partition coefficient (Wildman–Crippen LogP) is 6.17. The lowest BCUT2D eigenvalue weighted by molar-refractivity contribution is 0.0735. The summed E-state index contributed by atoms with van der Waals surface area (Å²) in [5.74, 6) is -0.596. The topological polar surface area (TPSA) is 62.7 Å². The number of nitrogens with one attached hydrogen (secondary N) is 2. The molecular formula is C25H17ClFN3O2S. The molecule has 0 aromatic heterocycles. The van der Waals surface area contributed by atoms with Crippen molar-refractivity contribution in [3.8, 4) is 5.75 Å². The number of fused-ring (bicyclic) bond motifs is 1. The Bertz CT molecular complexity index is 1360. The molecule has 0 aliphatic heterocycles. The number of halogens is 2. The van der Waals surface area contributed by atoms with E-state index in [9.17, 15) is 9.18 Å². The summed E-state index contributed by atoms with van der Waals surface area (Å²) in [6, 6.07) is 23.6. The van der Waals surface area contributed by atoms with Crippen LogP contribution in [0.4, 0.5) is 10.1 Å². The summed E-state index contributed by atoms with van der Waals surface area (Å²) in [4.78, 5) is 12.7. The smallest absolute Gasteiger partial charge is 0.345 e. The van der Waals surface area contributed by atoms with Gasteiger partial charge in [-0.15, -0.1) is 0 Å². The largest absolute Gasteiger partial charge is 0.422 e. The second kappa shape index (κ2) is 10.2. The van der Waals surface area contributed by atoms with E-state index in [2.05, 4.69) is 15.8 Å². The van der Waals surface area contributed by atoms with Gasteiger partial charge in [0.05, 0.1) is 16.8 Å². The van der Waals surface area contributed by atoms with Gasteiger partial charge in [-0.1, -0.05) is 54.1 Å². The number of hydrazone groups is 1. The summed E-state index contributed by atoms with van der Waals surface area (Å²) in [7, 11) is 0. The monoisotopic (exact) mass is 477 g/mol. The number of carbonyl (C=O) groups excluding carboxylic acids is 1. The van der Waals surface area contributed by atoms with Crippen molar-refractivity contribution in [2.24, 2.45) is 5.10 Å². The van der Waals surface area contributed by atoms with E-state index in [1.54, 1.807) is 42.5 Å². The maximum absolute atomic E-state index is 13.1. The minimum Gasteiger partial charge on any atom is -0.422 e. The van der Waals surface area contributed by atoms with Gasteiger partial charge in [0, 0.05) is 11.3 Å². The molecule has 0 radical (unpaired) electrons. The van der Waals surface area contributed by atoms with Crippen molar-refractivity contribution in [2.45, 2.75) is 0 Å². The Balaban J connectivity index is 1.57. The van der Waals surface area contributed by atoms with E-state index in [0.717, 1.165) is 10.8 Å². The highest BCUT2D eigenvalue weighted by Crippen LogP contribution is 2.28. The summed E-state index contributed by atoms with van der Waals surface area (Å²) in [5.41, 5.74) is 4.18. The predicted molar refractivity (Wildman–Crippen MR) is 134 cm³/mol. The number of ether oxygens (including phenoxy) is 1. The number of anilines is 1. The lowest BCUT2D eigenvalue weighted by atomic mass is 10.0. The van der Waals surface area contributed by atoms with Crippen molar-refractivity contribution >= 4 is 57.6 Å². The fourth-order valence-electron chi connectivity index (χ4n) is 3.13. The molecule has 0 aliphatic rings. The molecule has 0 unspecified atom stereocenters. The molecule has 4 aromatic rings. The molecule has 0 spiro atoms. The van der Waals surface area contributed by atoms with Crippen molar-refractivity contribution < 1.29 is 13.9 Å². The van der Waals surface area contributed by atoms with Crippen molar-refractivity contribution in [2.75, 3.05) is 5.32 Å². The zero-order chi connectivity index (χ0) is 23.2. The average Bonchev–Trinajstić information content (AvgIpc) is 2.82. The molecule has 5 nitrogen and oxygen atoms in total. The second-order valence-corrected chi connectivity index (χ2v) is 7.71. The number of hydrogen-bond donors (Lipinski definition) is 2. The van der Waals surface area contributed by atoms with Gasteiger partial charge in [0.25, 0.3) is 0 Å². The Morgan fingerprint density at radius 1 is 0.970 bits per heavy atom. The third kappa shape index (κ3) is 5.52. The van der Waals surface area contributed by atoms with Gasteiger partial charge in [-0.3, -0.25) is 5.43 Å². The third-order valence-corrected chi connectivity index (χ3v) is 5.21. The first-order valence-corrected chi connectivity index (χ1v) is 10.6. The van der Waals surface area contributed by atoms with Crippen molar-refractivity contribution in [1.29, 1.82) is 0 Å². The Kier molecular flexibility index (Phi) is 6.92. The molecule has 4 rings (SSSR count). The molecule has 0 saturated carbocycles. The zero-order valence-electron chi connectivity index (χ0n) is 17.1.